The lowest BCUT2D eigenvalue weighted by Gasteiger charge is -1.99. The van der Waals surface area contributed by atoms with Gasteiger partial charge in [0, 0.05) is 26.4 Å². The van der Waals surface area contributed by atoms with Crippen LogP contribution in [0.1, 0.15) is 15.9 Å². The van der Waals surface area contributed by atoms with E-state index in [-0.39, 0.29) is 5.82 Å². The molecular weight excluding hydrogens is 267 g/mol. The lowest BCUT2D eigenvalue weighted by atomic mass is 10.1. The van der Waals surface area contributed by atoms with E-state index in [1.54, 1.807) is 12.1 Å². The summed E-state index contributed by atoms with van der Waals surface area (Å²) in [7, 11) is 0. The highest BCUT2D eigenvalue weighted by Crippen LogP contribution is 2.30. The summed E-state index contributed by atoms with van der Waals surface area (Å²) >= 11 is 4.68. The molecule has 1 aromatic carbocycles. The van der Waals surface area contributed by atoms with Gasteiger partial charge < -0.3 is 0 Å². The van der Waals surface area contributed by atoms with Gasteiger partial charge in [-0.15, -0.1) is 11.3 Å². The molecule has 14 heavy (non-hydrogen) atoms. The Bertz CT molecular complexity index is 492. The molecule has 0 aliphatic heterocycles. The van der Waals surface area contributed by atoms with Crippen LogP contribution >= 0.6 is 27.3 Å². The number of rotatable bonds is 2. The van der Waals surface area contributed by atoms with Crippen LogP contribution in [-0.2, 0) is 5.33 Å². The van der Waals surface area contributed by atoms with Crippen molar-refractivity contribution in [3.8, 4) is 0 Å². The van der Waals surface area contributed by atoms with E-state index in [4.69, 9.17) is 0 Å². The first-order valence-electron chi connectivity index (χ1n) is 3.97. The number of fused-ring (bicyclic) bond motifs is 1. The SMILES string of the molecule is O=Cc1cc(CBr)c2scc(F)c2c1. The maximum absolute atomic E-state index is 13.3. The quantitative estimate of drug-likeness (QED) is 0.601. The number of benzene rings is 1. The zero-order chi connectivity index (χ0) is 10.1. The lowest BCUT2D eigenvalue weighted by molar-refractivity contribution is 0.112. The van der Waals surface area contributed by atoms with Gasteiger partial charge in [0.1, 0.15) is 12.1 Å². The number of alkyl halides is 1. The number of thiophene rings is 1. The van der Waals surface area contributed by atoms with E-state index in [9.17, 15) is 9.18 Å². The Morgan fingerprint density at radius 1 is 1.50 bits per heavy atom. The van der Waals surface area contributed by atoms with Crippen molar-refractivity contribution in [2.24, 2.45) is 0 Å². The van der Waals surface area contributed by atoms with Gasteiger partial charge in [-0.25, -0.2) is 4.39 Å². The van der Waals surface area contributed by atoms with Crippen LogP contribution < -0.4 is 0 Å². The highest BCUT2D eigenvalue weighted by Gasteiger charge is 2.08. The molecule has 4 heteroatoms. The van der Waals surface area contributed by atoms with Crippen molar-refractivity contribution in [2.45, 2.75) is 5.33 Å². The summed E-state index contributed by atoms with van der Waals surface area (Å²) in [5.41, 5.74) is 1.47. The summed E-state index contributed by atoms with van der Waals surface area (Å²) in [6.45, 7) is 0. The summed E-state index contributed by atoms with van der Waals surface area (Å²) in [6.07, 6.45) is 0.739. The van der Waals surface area contributed by atoms with E-state index in [0.717, 1.165) is 16.5 Å². The van der Waals surface area contributed by atoms with Crippen LogP contribution in [0, 0.1) is 5.82 Å². The number of hydrogen-bond acceptors (Lipinski definition) is 2. The Balaban J connectivity index is 2.82. The molecule has 2 rings (SSSR count). The lowest BCUT2D eigenvalue weighted by Crippen LogP contribution is -1.85. The van der Waals surface area contributed by atoms with Crippen molar-refractivity contribution in [1.29, 1.82) is 0 Å². The van der Waals surface area contributed by atoms with E-state index in [1.807, 2.05) is 0 Å². The molecule has 0 N–H and O–H groups in total. The molecule has 1 heterocycles. The second-order valence-corrected chi connectivity index (χ2v) is 4.33. The normalized spacial score (nSPS) is 10.7. The maximum atomic E-state index is 13.3. The zero-order valence-corrected chi connectivity index (χ0v) is 9.49. The minimum Gasteiger partial charge on any atom is -0.298 e. The smallest absolute Gasteiger partial charge is 0.150 e. The molecule has 72 valence electrons. The summed E-state index contributed by atoms with van der Waals surface area (Å²) in [5.74, 6) is -0.254. The number of hydrogen-bond donors (Lipinski definition) is 0. The first-order valence-corrected chi connectivity index (χ1v) is 5.97. The first-order chi connectivity index (χ1) is 6.76. The van der Waals surface area contributed by atoms with Crippen molar-refractivity contribution in [3.63, 3.8) is 0 Å². The third kappa shape index (κ3) is 1.48. The van der Waals surface area contributed by atoms with E-state index < -0.39 is 0 Å². The first kappa shape index (κ1) is 9.80. The zero-order valence-electron chi connectivity index (χ0n) is 7.09. The van der Waals surface area contributed by atoms with Crippen molar-refractivity contribution in [1.82, 2.24) is 0 Å². The molecule has 0 saturated carbocycles. The molecule has 0 saturated heterocycles. The second kappa shape index (κ2) is 3.79. The summed E-state index contributed by atoms with van der Waals surface area (Å²) in [5, 5.41) is 2.63. The van der Waals surface area contributed by atoms with Gasteiger partial charge in [0.05, 0.1) is 0 Å². The van der Waals surface area contributed by atoms with E-state index in [2.05, 4.69) is 15.9 Å². The average Bonchev–Trinajstić information content (AvgIpc) is 2.59. The van der Waals surface area contributed by atoms with Gasteiger partial charge in [-0.1, -0.05) is 15.9 Å². The fraction of sp³-hybridized carbons (Fsp3) is 0.100. The maximum Gasteiger partial charge on any atom is 0.150 e. The minimum absolute atomic E-state index is 0.254. The van der Waals surface area contributed by atoms with Gasteiger partial charge in [-0.05, 0) is 17.7 Å². The Kier molecular flexibility index (Phi) is 2.65. The molecular formula is C10H6BrFOS. The molecule has 0 radical (unpaired) electrons. The Morgan fingerprint density at radius 2 is 2.29 bits per heavy atom. The van der Waals surface area contributed by atoms with Gasteiger partial charge in [0.15, 0.2) is 0 Å². The Morgan fingerprint density at radius 3 is 2.93 bits per heavy atom. The average molecular weight is 273 g/mol. The largest absolute Gasteiger partial charge is 0.298 e. The summed E-state index contributed by atoms with van der Waals surface area (Å²) in [6, 6.07) is 3.36. The molecule has 0 aliphatic rings. The number of carbonyl (C=O) groups is 1. The molecule has 2 aromatic rings. The number of halogens is 2. The Labute approximate surface area is 92.7 Å². The molecule has 0 atom stereocenters. The molecule has 1 nitrogen and oxygen atoms in total. The molecule has 0 spiro atoms. The van der Waals surface area contributed by atoms with Crippen LogP contribution in [0.25, 0.3) is 10.1 Å². The Hall–Kier alpha value is -0.740. The van der Waals surface area contributed by atoms with Crippen LogP contribution in [-0.4, -0.2) is 6.29 Å². The predicted molar refractivity (Wildman–Crippen MR) is 59.8 cm³/mol. The standard InChI is InChI=1S/C10H6BrFOS/c11-3-7-1-6(4-13)2-8-9(12)5-14-10(7)8/h1-2,4-5H,3H2. The van der Waals surface area contributed by atoms with Gasteiger partial charge in [-0.3, -0.25) is 4.79 Å². The van der Waals surface area contributed by atoms with Crippen molar-refractivity contribution >= 4 is 43.6 Å². The molecule has 0 amide bonds. The van der Waals surface area contributed by atoms with Crippen LogP contribution in [0.3, 0.4) is 0 Å². The fourth-order valence-corrected chi connectivity index (χ4v) is 2.91. The number of carbonyl (C=O) groups excluding carboxylic acids is 1. The van der Waals surface area contributed by atoms with Crippen LogP contribution in [0.15, 0.2) is 17.5 Å². The van der Waals surface area contributed by atoms with Crippen LogP contribution in [0.5, 0.6) is 0 Å². The third-order valence-corrected chi connectivity index (χ3v) is 3.65. The van der Waals surface area contributed by atoms with Gasteiger partial charge in [-0.2, -0.15) is 0 Å². The second-order valence-electron chi connectivity index (χ2n) is 2.89. The van der Waals surface area contributed by atoms with E-state index in [0.29, 0.717) is 16.3 Å². The van der Waals surface area contributed by atoms with Crippen molar-refractivity contribution < 1.29 is 9.18 Å². The molecule has 0 bridgehead atoms. The van der Waals surface area contributed by atoms with Gasteiger partial charge in [0.25, 0.3) is 0 Å². The number of aldehydes is 1. The molecule has 0 fully saturated rings. The summed E-state index contributed by atoms with van der Waals surface area (Å²) < 4.78 is 14.2. The van der Waals surface area contributed by atoms with Crippen molar-refractivity contribution in [2.75, 3.05) is 0 Å². The third-order valence-electron chi connectivity index (χ3n) is 2.01. The highest BCUT2D eigenvalue weighted by molar-refractivity contribution is 9.08. The predicted octanol–water partition coefficient (Wildman–Crippen LogP) is 3.75. The van der Waals surface area contributed by atoms with Crippen LogP contribution in [0.2, 0.25) is 0 Å². The topological polar surface area (TPSA) is 17.1 Å². The highest BCUT2D eigenvalue weighted by atomic mass is 79.9. The fourth-order valence-electron chi connectivity index (χ4n) is 1.37. The van der Waals surface area contributed by atoms with Gasteiger partial charge >= 0.3 is 0 Å². The molecule has 0 aliphatic carbocycles. The van der Waals surface area contributed by atoms with Gasteiger partial charge in [0.2, 0.25) is 0 Å². The summed E-state index contributed by atoms with van der Waals surface area (Å²) in [4.78, 5) is 10.6. The van der Waals surface area contributed by atoms with E-state index in [1.165, 1.54) is 16.7 Å². The minimum atomic E-state index is -0.254. The van der Waals surface area contributed by atoms with E-state index >= 15 is 0 Å². The van der Waals surface area contributed by atoms with Crippen LogP contribution in [0.4, 0.5) is 4.39 Å². The molecule has 1 aromatic heterocycles. The van der Waals surface area contributed by atoms with Crippen molar-refractivity contribution in [3.05, 3.63) is 34.5 Å². The molecule has 0 unspecified atom stereocenters. The monoisotopic (exact) mass is 272 g/mol.